The molecule has 2 aliphatic carbocycles. The van der Waals surface area contributed by atoms with Crippen molar-refractivity contribution in [1.29, 1.82) is 0 Å². The van der Waals surface area contributed by atoms with E-state index in [0.29, 0.717) is 23.7 Å². The number of esters is 1. The quantitative estimate of drug-likeness (QED) is 0.613. The van der Waals surface area contributed by atoms with Crippen LogP contribution in [0.25, 0.3) is 0 Å². The molecule has 122 valence electrons. The molecular weight excluding hydrogens is 262 g/mol. The lowest BCUT2D eigenvalue weighted by Gasteiger charge is -2.45. The first-order valence-corrected chi connectivity index (χ1v) is 8.51. The van der Waals surface area contributed by atoms with Crippen LogP contribution in [0, 0.1) is 28.6 Å². The Labute approximate surface area is 130 Å². The van der Waals surface area contributed by atoms with E-state index in [2.05, 4.69) is 34.6 Å². The van der Waals surface area contributed by atoms with Gasteiger partial charge in [-0.05, 0) is 55.3 Å². The van der Waals surface area contributed by atoms with Gasteiger partial charge in [0, 0.05) is 12.3 Å². The Morgan fingerprint density at radius 1 is 1.38 bits per heavy atom. The number of carbonyl (C=O) groups is 1. The SMILES string of the molecule is CC(C)CCC(=O)OC(C)(N)C1CC2CCC1(C)C2(C)C. The van der Waals surface area contributed by atoms with Crippen LogP contribution in [0.2, 0.25) is 0 Å². The van der Waals surface area contributed by atoms with Crippen molar-refractivity contribution in [3.63, 3.8) is 0 Å². The van der Waals surface area contributed by atoms with Gasteiger partial charge in [-0.3, -0.25) is 10.5 Å². The summed E-state index contributed by atoms with van der Waals surface area (Å²) in [5, 5.41) is 0. The highest BCUT2D eigenvalue weighted by Gasteiger charge is 2.65. The van der Waals surface area contributed by atoms with Gasteiger partial charge in [0.15, 0.2) is 5.72 Å². The Balaban J connectivity index is 2.06. The van der Waals surface area contributed by atoms with Crippen molar-refractivity contribution in [1.82, 2.24) is 0 Å². The van der Waals surface area contributed by atoms with E-state index >= 15 is 0 Å². The van der Waals surface area contributed by atoms with Crippen LogP contribution < -0.4 is 5.73 Å². The molecule has 4 atom stereocenters. The topological polar surface area (TPSA) is 52.3 Å². The van der Waals surface area contributed by atoms with Gasteiger partial charge < -0.3 is 4.74 Å². The Kier molecular flexibility index (Phi) is 4.20. The van der Waals surface area contributed by atoms with Crippen molar-refractivity contribution in [3.8, 4) is 0 Å². The Morgan fingerprint density at radius 2 is 2.00 bits per heavy atom. The van der Waals surface area contributed by atoms with Crippen molar-refractivity contribution in [3.05, 3.63) is 0 Å². The monoisotopic (exact) mass is 295 g/mol. The van der Waals surface area contributed by atoms with Gasteiger partial charge in [0.25, 0.3) is 0 Å². The maximum Gasteiger partial charge on any atom is 0.307 e. The van der Waals surface area contributed by atoms with Gasteiger partial charge in [-0.15, -0.1) is 0 Å². The molecular formula is C18H33NO2. The molecule has 0 radical (unpaired) electrons. The Hall–Kier alpha value is -0.570. The van der Waals surface area contributed by atoms with Gasteiger partial charge in [0.2, 0.25) is 0 Å². The van der Waals surface area contributed by atoms with Gasteiger partial charge in [0.1, 0.15) is 0 Å². The van der Waals surface area contributed by atoms with Crippen molar-refractivity contribution in [2.24, 2.45) is 34.3 Å². The number of fused-ring (bicyclic) bond motifs is 2. The minimum absolute atomic E-state index is 0.141. The van der Waals surface area contributed by atoms with Crippen LogP contribution in [0.3, 0.4) is 0 Å². The fourth-order valence-corrected chi connectivity index (χ4v) is 4.84. The van der Waals surface area contributed by atoms with Gasteiger partial charge in [0.05, 0.1) is 0 Å². The normalized spacial score (nSPS) is 36.8. The van der Waals surface area contributed by atoms with E-state index in [0.717, 1.165) is 12.8 Å². The highest BCUT2D eigenvalue weighted by Crippen LogP contribution is 2.69. The molecule has 0 saturated heterocycles. The van der Waals surface area contributed by atoms with E-state index in [-0.39, 0.29) is 17.3 Å². The van der Waals surface area contributed by atoms with Crippen LogP contribution in [-0.2, 0) is 9.53 Å². The summed E-state index contributed by atoms with van der Waals surface area (Å²) < 4.78 is 5.72. The van der Waals surface area contributed by atoms with Crippen molar-refractivity contribution < 1.29 is 9.53 Å². The molecule has 2 saturated carbocycles. The average molecular weight is 295 g/mol. The van der Waals surface area contributed by atoms with E-state index in [1.165, 1.54) is 12.8 Å². The molecule has 0 spiro atoms. The molecule has 0 aromatic heterocycles. The van der Waals surface area contributed by atoms with Crippen molar-refractivity contribution in [2.75, 3.05) is 0 Å². The van der Waals surface area contributed by atoms with Crippen molar-refractivity contribution in [2.45, 2.75) is 79.4 Å². The first-order valence-electron chi connectivity index (χ1n) is 8.51. The summed E-state index contributed by atoms with van der Waals surface area (Å²) in [6, 6.07) is 0. The zero-order chi connectivity index (χ0) is 16.1. The number of ether oxygens (including phenoxy) is 1. The van der Waals surface area contributed by atoms with E-state index < -0.39 is 5.72 Å². The van der Waals surface area contributed by atoms with E-state index in [4.69, 9.17) is 10.5 Å². The number of rotatable bonds is 5. The molecule has 3 nitrogen and oxygen atoms in total. The summed E-state index contributed by atoms with van der Waals surface area (Å²) in [5.74, 6) is 1.35. The molecule has 2 rings (SSSR count). The molecule has 4 unspecified atom stereocenters. The maximum atomic E-state index is 12.1. The number of carbonyl (C=O) groups excluding carboxylic acids is 1. The fourth-order valence-electron chi connectivity index (χ4n) is 4.84. The first kappa shape index (κ1) is 16.8. The second-order valence-electron chi connectivity index (χ2n) is 8.75. The smallest absolute Gasteiger partial charge is 0.307 e. The third kappa shape index (κ3) is 2.74. The zero-order valence-electron chi connectivity index (χ0n) is 14.7. The predicted octanol–water partition coefficient (Wildman–Crippen LogP) is 4.10. The lowest BCUT2D eigenvalue weighted by atomic mass is 9.64. The summed E-state index contributed by atoms with van der Waals surface area (Å²) in [5.41, 5.74) is 6.12. The van der Waals surface area contributed by atoms with Crippen LogP contribution in [0.5, 0.6) is 0 Å². The Bertz CT molecular complexity index is 413. The second-order valence-corrected chi connectivity index (χ2v) is 8.75. The zero-order valence-corrected chi connectivity index (χ0v) is 14.7. The average Bonchev–Trinajstić information content (AvgIpc) is 2.68. The third-order valence-corrected chi connectivity index (χ3v) is 6.75. The lowest BCUT2D eigenvalue weighted by molar-refractivity contribution is -0.170. The molecule has 2 fully saturated rings. The second kappa shape index (κ2) is 5.26. The molecule has 0 amide bonds. The number of hydrogen-bond donors (Lipinski definition) is 1. The molecule has 0 aliphatic heterocycles. The number of nitrogens with two attached hydrogens (primary N) is 1. The van der Waals surface area contributed by atoms with Crippen molar-refractivity contribution >= 4 is 5.97 Å². The molecule has 2 N–H and O–H groups in total. The molecule has 21 heavy (non-hydrogen) atoms. The molecule has 2 aliphatic rings. The van der Waals surface area contributed by atoms with Gasteiger partial charge in [-0.25, -0.2) is 0 Å². The first-order chi connectivity index (χ1) is 9.50. The molecule has 0 aromatic rings. The molecule has 3 heteroatoms. The third-order valence-electron chi connectivity index (χ3n) is 6.75. The largest absolute Gasteiger partial charge is 0.444 e. The standard InChI is InChI=1S/C18H33NO2/c1-12(2)7-8-15(20)21-18(6,19)14-11-13-9-10-17(14,5)16(13,3)4/h12-14H,7-11,19H2,1-6H3. The van der Waals surface area contributed by atoms with Crippen LogP contribution in [-0.4, -0.2) is 11.7 Å². The van der Waals surface area contributed by atoms with Gasteiger partial charge >= 0.3 is 5.97 Å². The highest BCUT2D eigenvalue weighted by atomic mass is 16.6. The van der Waals surface area contributed by atoms with Crippen LogP contribution >= 0.6 is 0 Å². The fraction of sp³-hybridized carbons (Fsp3) is 0.944. The van der Waals surface area contributed by atoms with Crippen LogP contribution in [0.4, 0.5) is 0 Å². The predicted molar refractivity (Wildman–Crippen MR) is 85.5 cm³/mol. The summed E-state index contributed by atoms with van der Waals surface area (Å²) in [6.45, 7) is 13.2. The Morgan fingerprint density at radius 3 is 2.43 bits per heavy atom. The van der Waals surface area contributed by atoms with E-state index in [1.54, 1.807) is 0 Å². The summed E-state index contributed by atoms with van der Waals surface area (Å²) in [4.78, 5) is 12.1. The van der Waals surface area contributed by atoms with Gasteiger partial charge in [-0.2, -0.15) is 0 Å². The maximum absolute atomic E-state index is 12.1. The van der Waals surface area contributed by atoms with Crippen LogP contribution in [0.1, 0.15) is 73.6 Å². The van der Waals surface area contributed by atoms with Gasteiger partial charge in [-0.1, -0.05) is 34.6 Å². The minimum Gasteiger partial charge on any atom is -0.444 e. The highest BCUT2D eigenvalue weighted by molar-refractivity contribution is 5.69. The minimum atomic E-state index is -0.838. The summed E-state index contributed by atoms with van der Waals surface area (Å²) in [6.07, 6.45) is 4.92. The number of hydrogen-bond acceptors (Lipinski definition) is 3. The molecule has 0 aromatic carbocycles. The molecule has 0 heterocycles. The summed E-state index contributed by atoms with van der Waals surface area (Å²) in [7, 11) is 0. The van der Waals surface area contributed by atoms with Crippen LogP contribution in [0.15, 0.2) is 0 Å². The molecule has 2 bridgehead atoms. The van der Waals surface area contributed by atoms with E-state index in [1.807, 2.05) is 6.92 Å². The van der Waals surface area contributed by atoms with E-state index in [9.17, 15) is 4.79 Å². The summed E-state index contributed by atoms with van der Waals surface area (Å²) >= 11 is 0. The lowest BCUT2D eigenvalue weighted by Crippen LogP contribution is -2.54.